The number of nitrogens with one attached hydrogen (secondary N) is 2. The Balaban J connectivity index is 1.53. The number of ether oxygens (including phenoxy) is 2. The molecule has 1 aromatic carbocycles. The van der Waals surface area contributed by atoms with Crippen molar-refractivity contribution in [2.24, 2.45) is 16.7 Å². The Labute approximate surface area is 201 Å². The molecule has 32 heavy (non-hydrogen) atoms. The minimum Gasteiger partial charge on any atom is -0.493 e. The van der Waals surface area contributed by atoms with Gasteiger partial charge >= 0.3 is 0 Å². The quantitative estimate of drug-likeness (QED) is 0.505. The van der Waals surface area contributed by atoms with E-state index in [4.69, 9.17) is 9.47 Å². The Hall–Kier alpha value is -1.27. The van der Waals surface area contributed by atoms with Crippen LogP contribution < -0.4 is 20.1 Å². The van der Waals surface area contributed by atoms with Gasteiger partial charge in [0, 0.05) is 27.7 Å². The molecule has 5 rings (SSSR count). The van der Waals surface area contributed by atoms with Gasteiger partial charge < -0.3 is 20.1 Å². The molecular weight excluding hydrogens is 468 g/mol. The minimum absolute atomic E-state index is 0.0412. The molecular formula is C26H39BrN2O3. The smallest absolute Gasteiger partial charge is 0.258 e. The summed E-state index contributed by atoms with van der Waals surface area (Å²) in [6.45, 7) is 11.5. The molecule has 6 heteroatoms. The van der Waals surface area contributed by atoms with Crippen molar-refractivity contribution in [2.75, 3.05) is 13.7 Å². The molecule has 4 aliphatic rings. The Morgan fingerprint density at radius 2 is 1.78 bits per heavy atom. The summed E-state index contributed by atoms with van der Waals surface area (Å²) >= 11 is 3.72. The van der Waals surface area contributed by atoms with Crippen LogP contribution in [0, 0.1) is 16.7 Å². The Kier molecular flexibility index (Phi) is 6.11. The number of methoxy groups -OCH3 is 1. The predicted octanol–water partition coefficient (Wildman–Crippen LogP) is 5.59. The Morgan fingerprint density at radius 1 is 1.12 bits per heavy atom. The highest BCUT2D eigenvalue weighted by Crippen LogP contribution is 2.66. The van der Waals surface area contributed by atoms with Gasteiger partial charge in [0.05, 0.1) is 7.11 Å². The molecule has 0 radical (unpaired) electrons. The van der Waals surface area contributed by atoms with Crippen LogP contribution in [0.2, 0.25) is 0 Å². The summed E-state index contributed by atoms with van der Waals surface area (Å²) in [7, 11) is 1.64. The van der Waals surface area contributed by atoms with Gasteiger partial charge in [0.25, 0.3) is 5.91 Å². The molecule has 4 bridgehead atoms. The molecule has 2 N–H and O–H groups in total. The van der Waals surface area contributed by atoms with Crippen LogP contribution in [0.1, 0.15) is 78.7 Å². The van der Waals surface area contributed by atoms with E-state index in [9.17, 15) is 4.79 Å². The van der Waals surface area contributed by atoms with Crippen LogP contribution in [0.5, 0.6) is 11.5 Å². The lowest BCUT2D eigenvalue weighted by Crippen LogP contribution is -2.63. The lowest BCUT2D eigenvalue weighted by Gasteiger charge is -2.65. The maximum absolute atomic E-state index is 12.4. The van der Waals surface area contributed by atoms with Crippen LogP contribution in [0.15, 0.2) is 16.6 Å². The fraction of sp³-hybridized carbons (Fsp3) is 0.731. The lowest BCUT2D eigenvalue weighted by molar-refractivity contribution is -0.124. The Bertz CT molecular complexity index is 876. The molecule has 2 unspecified atom stereocenters. The van der Waals surface area contributed by atoms with Crippen LogP contribution in [0.3, 0.4) is 0 Å². The third kappa shape index (κ3) is 4.96. The highest BCUT2D eigenvalue weighted by atomic mass is 79.9. The number of halogens is 1. The van der Waals surface area contributed by atoms with Crippen LogP contribution in [0.4, 0.5) is 0 Å². The average Bonchev–Trinajstić information content (AvgIpc) is 2.61. The third-order valence-corrected chi connectivity index (χ3v) is 8.26. The molecule has 1 amide bonds. The highest BCUT2D eigenvalue weighted by Gasteiger charge is 2.59. The van der Waals surface area contributed by atoms with Crippen LogP contribution >= 0.6 is 15.9 Å². The number of benzene rings is 1. The predicted molar refractivity (Wildman–Crippen MR) is 131 cm³/mol. The molecule has 0 spiro atoms. The van der Waals surface area contributed by atoms with Crippen molar-refractivity contribution < 1.29 is 14.3 Å². The number of carbonyl (C=O) groups is 1. The molecule has 4 aliphatic carbocycles. The number of carbonyl (C=O) groups excluding carboxylic acids is 1. The number of rotatable bonds is 7. The van der Waals surface area contributed by atoms with Gasteiger partial charge in [-0.15, -0.1) is 0 Å². The summed E-state index contributed by atoms with van der Waals surface area (Å²) in [5.74, 6) is 1.98. The van der Waals surface area contributed by atoms with Gasteiger partial charge in [0.1, 0.15) is 0 Å². The van der Waals surface area contributed by atoms with Gasteiger partial charge in [0.15, 0.2) is 18.1 Å². The van der Waals surface area contributed by atoms with Gasteiger partial charge in [-0.1, -0.05) is 29.8 Å². The van der Waals surface area contributed by atoms with Crippen molar-refractivity contribution in [3.8, 4) is 11.5 Å². The number of hydrogen-bond acceptors (Lipinski definition) is 4. The second-order valence-electron chi connectivity index (χ2n) is 12.4. The van der Waals surface area contributed by atoms with Gasteiger partial charge in [-0.05, 0) is 88.2 Å². The van der Waals surface area contributed by atoms with Gasteiger partial charge in [-0.2, -0.15) is 0 Å². The monoisotopic (exact) mass is 506 g/mol. The molecule has 2 atom stereocenters. The van der Waals surface area contributed by atoms with Crippen molar-refractivity contribution in [3.05, 3.63) is 22.2 Å². The van der Waals surface area contributed by atoms with Gasteiger partial charge in [-0.25, -0.2) is 0 Å². The minimum atomic E-state index is -0.295. The van der Waals surface area contributed by atoms with Crippen molar-refractivity contribution >= 4 is 21.8 Å². The van der Waals surface area contributed by atoms with E-state index in [0.29, 0.717) is 28.9 Å². The van der Waals surface area contributed by atoms with E-state index in [1.807, 2.05) is 32.9 Å². The summed E-state index contributed by atoms with van der Waals surface area (Å²) in [5.41, 5.74) is 1.82. The van der Waals surface area contributed by atoms with E-state index in [-0.39, 0.29) is 23.6 Å². The summed E-state index contributed by atoms with van der Waals surface area (Å²) in [5, 5.41) is 6.94. The normalized spacial score (nSPS) is 33.3. The van der Waals surface area contributed by atoms with E-state index in [1.54, 1.807) is 7.11 Å². The second kappa shape index (κ2) is 8.19. The molecule has 0 heterocycles. The number of amides is 1. The molecule has 0 saturated heterocycles. The Morgan fingerprint density at radius 3 is 2.34 bits per heavy atom. The first-order chi connectivity index (χ1) is 14.8. The second-order valence-corrected chi connectivity index (χ2v) is 13.3. The third-order valence-electron chi connectivity index (χ3n) is 7.52. The molecule has 4 fully saturated rings. The summed E-state index contributed by atoms with van der Waals surface area (Å²) in [6.07, 6.45) is 7.89. The zero-order chi connectivity index (χ0) is 23.4. The number of hydrogen-bond donors (Lipinski definition) is 2. The zero-order valence-corrected chi connectivity index (χ0v) is 22.1. The van der Waals surface area contributed by atoms with E-state index >= 15 is 0 Å². The summed E-state index contributed by atoms with van der Waals surface area (Å²) < 4.78 is 12.6. The molecule has 178 valence electrons. The first-order valence-electron chi connectivity index (χ1n) is 11.9. The standard InChI is InChI=1S/C26H39BrN2O3/c1-23(2,3)29-21(30)13-32-22-18(19(27)7-8-20(22)31-6)12-28-26-11-17-9-24(4,15-26)14-25(5,10-17)16-26/h7-8,17,28H,9-16H2,1-6H3,(H,29,30). The van der Waals surface area contributed by atoms with E-state index in [1.165, 1.54) is 38.5 Å². The fourth-order valence-corrected chi connectivity index (χ4v) is 8.03. The van der Waals surface area contributed by atoms with E-state index in [2.05, 4.69) is 40.4 Å². The summed E-state index contributed by atoms with van der Waals surface area (Å²) in [6, 6.07) is 3.89. The van der Waals surface area contributed by atoms with Crippen LogP contribution in [-0.2, 0) is 11.3 Å². The SMILES string of the molecule is COc1ccc(Br)c(CNC23CC4CC(C)(CC(C)(C4)C2)C3)c1OCC(=O)NC(C)(C)C. The summed E-state index contributed by atoms with van der Waals surface area (Å²) in [4.78, 5) is 12.4. The van der Waals surface area contributed by atoms with Crippen molar-refractivity contribution in [2.45, 2.75) is 90.8 Å². The molecule has 0 aliphatic heterocycles. The molecule has 5 nitrogen and oxygen atoms in total. The van der Waals surface area contributed by atoms with Gasteiger partial charge in [-0.3, -0.25) is 4.79 Å². The van der Waals surface area contributed by atoms with Crippen LogP contribution in [-0.4, -0.2) is 30.7 Å². The van der Waals surface area contributed by atoms with Gasteiger partial charge in [0.2, 0.25) is 0 Å². The maximum atomic E-state index is 12.4. The molecule has 0 aromatic heterocycles. The molecule has 4 saturated carbocycles. The van der Waals surface area contributed by atoms with Crippen molar-refractivity contribution in [1.82, 2.24) is 10.6 Å². The first kappa shape index (κ1) is 23.9. The van der Waals surface area contributed by atoms with E-state index < -0.39 is 0 Å². The fourth-order valence-electron chi connectivity index (χ4n) is 7.58. The van der Waals surface area contributed by atoms with Crippen LogP contribution in [0.25, 0.3) is 0 Å². The molecule has 1 aromatic rings. The highest BCUT2D eigenvalue weighted by molar-refractivity contribution is 9.10. The topological polar surface area (TPSA) is 59.6 Å². The van der Waals surface area contributed by atoms with Crippen molar-refractivity contribution in [3.63, 3.8) is 0 Å². The average molecular weight is 508 g/mol. The van der Waals surface area contributed by atoms with E-state index in [0.717, 1.165) is 16.0 Å². The first-order valence-corrected chi connectivity index (χ1v) is 12.7. The zero-order valence-electron chi connectivity index (χ0n) is 20.5. The largest absolute Gasteiger partial charge is 0.493 e. The van der Waals surface area contributed by atoms with Crippen molar-refractivity contribution in [1.29, 1.82) is 0 Å². The maximum Gasteiger partial charge on any atom is 0.258 e. The lowest BCUT2D eigenvalue weighted by atomic mass is 9.43.